The molecule has 1 aromatic carbocycles. The first-order valence-corrected chi connectivity index (χ1v) is 5.14. The highest BCUT2D eigenvalue weighted by molar-refractivity contribution is 9.10. The summed E-state index contributed by atoms with van der Waals surface area (Å²) in [7, 11) is 0. The smallest absolute Gasteiger partial charge is 0.293 e. The minimum Gasteiger partial charge on any atom is -0.293 e. The van der Waals surface area contributed by atoms with Gasteiger partial charge < -0.3 is 0 Å². The zero-order valence-electron chi connectivity index (χ0n) is 7.24. The van der Waals surface area contributed by atoms with E-state index in [9.17, 15) is 18.0 Å². The molecule has 1 aromatic rings. The van der Waals surface area contributed by atoms with Crippen molar-refractivity contribution in [2.45, 2.75) is 6.18 Å². The van der Waals surface area contributed by atoms with Gasteiger partial charge in [0.25, 0.3) is 0 Å². The monoisotopic (exact) mass is 300 g/mol. The van der Waals surface area contributed by atoms with E-state index in [1.54, 1.807) is 0 Å². The van der Waals surface area contributed by atoms with Gasteiger partial charge in [0.15, 0.2) is 5.78 Å². The van der Waals surface area contributed by atoms with Crippen LogP contribution < -0.4 is 0 Å². The molecule has 1 nitrogen and oxygen atoms in total. The van der Waals surface area contributed by atoms with Crippen LogP contribution in [0.2, 0.25) is 0 Å². The first-order valence-electron chi connectivity index (χ1n) is 3.81. The SMILES string of the molecule is O=C(CCl)c1cc(Br)cc(C(F)(F)F)c1. The standard InChI is InChI=1S/C9H5BrClF3O/c10-7-2-5(8(15)4-11)1-6(3-7)9(12,13)14/h1-3H,4H2. The molecule has 0 atom stereocenters. The molecule has 0 bridgehead atoms. The Hall–Kier alpha value is -0.550. The topological polar surface area (TPSA) is 17.1 Å². The summed E-state index contributed by atoms with van der Waals surface area (Å²) in [6, 6.07) is 3.00. The lowest BCUT2D eigenvalue weighted by molar-refractivity contribution is -0.137. The van der Waals surface area contributed by atoms with E-state index in [2.05, 4.69) is 15.9 Å². The first-order chi connectivity index (χ1) is 6.84. The number of benzene rings is 1. The van der Waals surface area contributed by atoms with Crippen LogP contribution in [0.25, 0.3) is 0 Å². The van der Waals surface area contributed by atoms with Crippen molar-refractivity contribution in [2.24, 2.45) is 0 Å². The maximum atomic E-state index is 12.4. The molecule has 0 radical (unpaired) electrons. The van der Waals surface area contributed by atoms with Crippen molar-refractivity contribution < 1.29 is 18.0 Å². The van der Waals surface area contributed by atoms with Gasteiger partial charge in [-0.2, -0.15) is 13.2 Å². The summed E-state index contributed by atoms with van der Waals surface area (Å²) in [6.45, 7) is 0. The highest BCUT2D eigenvalue weighted by Crippen LogP contribution is 2.32. The zero-order valence-corrected chi connectivity index (χ0v) is 9.58. The molecule has 0 aliphatic heterocycles. The number of rotatable bonds is 2. The highest BCUT2D eigenvalue weighted by Gasteiger charge is 2.31. The van der Waals surface area contributed by atoms with Gasteiger partial charge in [0.2, 0.25) is 0 Å². The molecule has 0 fully saturated rings. The minimum atomic E-state index is -4.47. The van der Waals surface area contributed by atoms with Crippen LogP contribution in [0.3, 0.4) is 0 Å². The van der Waals surface area contributed by atoms with Gasteiger partial charge in [0.05, 0.1) is 11.4 Å². The molecule has 1 rings (SSSR count). The predicted octanol–water partition coefficient (Wildman–Crippen LogP) is 3.89. The van der Waals surface area contributed by atoms with Gasteiger partial charge >= 0.3 is 6.18 Å². The van der Waals surface area contributed by atoms with Gasteiger partial charge in [0, 0.05) is 10.0 Å². The van der Waals surface area contributed by atoms with Crippen LogP contribution >= 0.6 is 27.5 Å². The zero-order chi connectivity index (χ0) is 11.6. The average molecular weight is 301 g/mol. The number of halogens is 5. The maximum Gasteiger partial charge on any atom is 0.416 e. The molecule has 82 valence electrons. The van der Waals surface area contributed by atoms with Crippen LogP contribution in [0.15, 0.2) is 22.7 Å². The maximum absolute atomic E-state index is 12.4. The van der Waals surface area contributed by atoms with E-state index in [-0.39, 0.29) is 15.9 Å². The predicted molar refractivity (Wildman–Crippen MR) is 54.2 cm³/mol. The summed E-state index contributed by atoms with van der Waals surface area (Å²) in [6.07, 6.45) is -4.47. The first kappa shape index (κ1) is 12.5. The number of carbonyl (C=O) groups is 1. The van der Waals surface area contributed by atoms with Crippen LogP contribution in [-0.2, 0) is 6.18 Å². The molecule has 0 aliphatic carbocycles. The van der Waals surface area contributed by atoms with Crippen molar-refractivity contribution in [2.75, 3.05) is 5.88 Å². The Balaban J connectivity index is 3.23. The van der Waals surface area contributed by atoms with Gasteiger partial charge in [-0.25, -0.2) is 0 Å². The van der Waals surface area contributed by atoms with Gasteiger partial charge in [-0.3, -0.25) is 4.79 Å². The van der Waals surface area contributed by atoms with Crippen LogP contribution in [0.1, 0.15) is 15.9 Å². The molecule has 0 aliphatic rings. The number of hydrogen-bond donors (Lipinski definition) is 0. The Morgan fingerprint density at radius 2 is 1.93 bits per heavy atom. The largest absolute Gasteiger partial charge is 0.416 e. The quantitative estimate of drug-likeness (QED) is 0.598. The van der Waals surface area contributed by atoms with Crippen molar-refractivity contribution in [3.63, 3.8) is 0 Å². The van der Waals surface area contributed by atoms with Crippen LogP contribution in [0.4, 0.5) is 13.2 Å². The van der Waals surface area contributed by atoms with Crippen molar-refractivity contribution >= 4 is 33.3 Å². The Kier molecular flexibility index (Phi) is 3.78. The molecule has 0 heterocycles. The Morgan fingerprint density at radius 3 is 2.40 bits per heavy atom. The second-order valence-electron chi connectivity index (χ2n) is 2.78. The third-order valence-electron chi connectivity index (χ3n) is 1.67. The fourth-order valence-corrected chi connectivity index (χ4v) is 1.64. The van der Waals surface area contributed by atoms with E-state index >= 15 is 0 Å². The second kappa shape index (κ2) is 4.53. The fraction of sp³-hybridized carbons (Fsp3) is 0.222. The van der Waals surface area contributed by atoms with Crippen LogP contribution in [0.5, 0.6) is 0 Å². The Labute approximate surface area is 97.4 Å². The molecule has 0 saturated carbocycles. The van der Waals surface area contributed by atoms with Crippen molar-refractivity contribution in [1.82, 2.24) is 0 Å². The molecule has 6 heteroatoms. The summed E-state index contributed by atoms with van der Waals surface area (Å²) in [4.78, 5) is 11.1. The number of alkyl halides is 4. The van der Waals surface area contributed by atoms with E-state index in [1.165, 1.54) is 6.07 Å². The molecular formula is C9H5BrClF3O. The third kappa shape index (κ3) is 3.21. The normalized spacial score (nSPS) is 11.5. The Morgan fingerprint density at radius 1 is 1.33 bits per heavy atom. The Bertz CT molecular complexity index is 389. The molecule has 0 N–H and O–H groups in total. The lowest BCUT2D eigenvalue weighted by atomic mass is 10.1. The fourth-order valence-electron chi connectivity index (χ4n) is 0.991. The van der Waals surface area contributed by atoms with Gasteiger partial charge in [-0.1, -0.05) is 15.9 Å². The van der Waals surface area contributed by atoms with Gasteiger partial charge in [-0.15, -0.1) is 11.6 Å². The third-order valence-corrected chi connectivity index (χ3v) is 2.37. The minimum absolute atomic E-state index is 0.0494. The average Bonchev–Trinajstić information content (AvgIpc) is 2.14. The number of ketones is 1. The lowest BCUT2D eigenvalue weighted by Crippen LogP contribution is -2.08. The van der Waals surface area contributed by atoms with Gasteiger partial charge in [0.1, 0.15) is 0 Å². The van der Waals surface area contributed by atoms with Crippen LogP contribution in [-0.4, -0.2) is 11.7 Å². The molecule has 0 saturated heterocycles. The van der Waals surface area contributed by atoms with Crippen molar-refractivity contribution in [3.8, 4) is 0 Å². The molecular weight excluding hydrogens is 296 g/mol. The summed E-state index contributed by atoms with van der Waals surface area (Å²) in [5, 5.41) is 0. The van der Waals surface area contributed by atoms with Crippen LogP contribution in [0, 0.1) is 0 Å². The summed E-state index contributed by atoms with van der Waals surface area (Å²) < 4.78 is 37.3. The lowest BCUT2D eigenvalue weighted by Gasteiger charge is -2.08. The number of hydrogen-bond acceptors (Lipinski definition) is 1. The number of Topliss-reactive ketones (excluding diaryl/α,β-unsaturated/α-hetero) is 1. The molecule has 0 unspecified atom stereocenters. The molecule has 0 aromatic heterocycles. The van der Waals surface area contributed by atoms with E-state index in [0.29, 0.717) is 0 Å². The second-order valence-corrected chi connectivity index (χ2v) is 3.97. The van der Waals surface area contributed by atoms with E-state index in [0.717, 1.165) is 12.1 Å². The summed E-state index contributed by atoms with van der Waals surface area (Å²) in [5.41, 5.74) is -0.919. The van der Waals surface area contributed by atoms with Crippen molar-refractivity contribution in [1.29, 1.82) is 0 Å². The van der Waals surface area contributed by atoms with E-state index in [1.807, 2.05) is 0 Å². The summed E-state index contributed by atoms with van der Waals surface area (Å²) >= 11 is 8.17. The van der Waals surface area contributed by atoms with Gasteiger partial charge in [-0.05, 0) is 18.2 Å². The molecule has 15 heavy (non-hydrogen) atoms. The van der Waals surface area contributed by atoms with E-state index < -0.39 is 17.5 Å². The van der Waals surface area contributed by atoms with Crippen molar-refractivity contribution in [3.05, 3.63) is 33.8 Å². The highest BCUT2D eigenvalue weighted by atomic mass is 79.9. The number of carbonyl (C=O) groups excluding carboxylic acids is 1. The van der Waals surface area contributed by atoms with E-state index in [4.69, 9.17) is 11.6 Å². The summed E-state index contributed by atoms with van der Waals surface area (Å²) in [5.74, 6) is -0.878. The molecule has 0 amide bonds. The molecule has 0 spiro atoms.